The zero-order valence-electron chi connectivity index (χ0n) is 8.45. The summed E-state index contributed by atoms with van der Waals surface area (Å²) in [4.78, 5) is 18.0. The highest BCUT2D eigenvalue weighted by molar-refractivity contribution is 8.14. The van der Waals surface area contributed by atoms with Crippen molar-refractivity contribution in [2.24, 2.45) is 4.99 Å². The van der Waals surface area contributed by atoms with Crippen LogP contribution in [0.1, 0.15) is 19.0 Å². The van der Waals surface area contributed by atoms with Gasteiger partial charge >= 0.3 is 4.87 Å². The highest BCUT2D eigenvalue weighted by Crippen LogP contribution is 2.16. The van der Waals surface area contributed by atoms with E-state index < -0.39 is 0 Å². The van der Waals surface area contributed by atoms with Crippen LogP contribution in [0.2, 0.25) is 0 Å². The number of aliphatic imine (C=N–C) groups is 1. The summed E-state index contributed by atoms with van der Waals surface area (Å²) >= 11 is 2.94. The Kier molecular flexibility index (Phi) is 3.48. The first-order valence-corrected chi connectivity index (χ1v) is 6.75. The van der Waals surface area contributed by atoms with E-state index in [4.69, 9.17) is 0 Å². The van der Waals surface area contributed by atoms with Crippen LogP contribution in [0.25, 0.3) is 0 Å². The number of rotatable bonds is 3. The second-order valence-electron chi connectivity index (χ2n) is 3.36. The van der Waals surface area contributed by atoms with Crippen LogP contribution in [0.15, 0.2) is 15.2 Å². The summed E-state index contributed by atoms with van der Waals surface area (Å²) in [7, 11) is 0. The van der Waals surface area contributed by atoms with Crippen LogP contribution < -0.4 is 10.2 Å². The summed E-state index contributed by atoms with van der Waals surface area (Å²) in [6.45, 7) is 2.72. The molecule has 1 atom stereocenters. The molecule has 1 fully saturated rings. The molecule has 6 heteroatoms. The van der Waals surface area contributed by atoms with Gasteiger partial charge < -0.3 is 10.3 Å². The Morgan fingerprint density at radius 3 is 3.13 bits per heavy atom. The van der Waals surface area contributed by atoms with Crippen molar-refractivity contribution in [2.75, 3.05) is 5.75 Å². The van der Waals surface area contributed by atoms with Gasteiger partial charge in [0.1, 0.15) is 0 Å². The van der Waals surface area contributed by atoms with Crippen molar-refractivity contribution in [2.45, 2.75) is 25.9 Å². The predicted octanol–water partition coefficient (Wildman–Crippen LogP) is 1.41. The van der Waals surface area contributed by atoms with Crippen LogP contribution in [-0.2, 0) is 6.54 Å². The van der Waals surface area contributed by atoms with Crippen molar-refractivity contribution in [3.8, 4) is 0 Å². The lowest BCUT2D eigenvalue weighted by Gasteiger charge is -2.04. The van der Waals surface area contributed by atoms with Gasteiger partial charge in [0.15, 0.2) is 5.17 Å². The summed E-state index contributed by atoms with van der Waals surface area (Å²) in [6, 6.07) is 0.551. The van der Waals surface area contributed by atoms with Crippen molar-refractivity contribution in [3.05, 3.63) is 20.7 Å². The van der Waals surface area contributed by atoms with Gasteiger partial charge in [-0.15, -0.1) is 0 Å². The molecule has 0 amide bonds. The van der Waals surface area contributed by atoms with Gasteiger partial charge in [-0.2, -0.15) is 0 Å². The fourth-order valence-electron chi connectivity index (χ4n) is 1.30. The largest absolute Gasteiger partial charge is 0.361 e. The Morgan fingerprint density at radius 1 is 1.67 bits per heavy atom. The molecule has 4 nitrogen and oxygen atoms in total. The van der Waals surface area contributed by atoms with Crippen LogP contribution in [0.4, 0.5) is 0 Å². The number of H-pyrrole nitrogens is 1. The van der Waals surface area contributed by atoms with Crippen LogP contribution in [0.5, 0.6) is 0 Å². The Labute approximate surface area is 96.2 Å². The monoisotopic (exact) mass is 243 g/mol. The van der Waals surface area contributed by atoms with Gasteiger partial charge in [-0.1, -0.05) is 30.0 Å². The Morgan fingerprint density at radius 2 is 2.53 bits per heavy atom. The quantitative estimate of drug-likeness (QED) is 0.844. The van der Waals surface area contributed by atoms with Gasteiger partial charge in [0.05, 0.1) is 12.2 Å². The fraction of sp³-hybridized carbons (Fsp3) is 0.556. The van der Waals surface area contributed by atoms with Crippen molar-refractivity contribution >= 4 is 28.3 Å². The first kappa shape index (κ1) is 10.8. The van der Waals surface area contributed by atoms with E-state index in [-0.39, 0.29) is 4.87 Å². The Bertz CT molecular complexity index is 409. The van der Waals surface area contributed by atoms with E-state index in [1.807, 2.05) is 5.38 Å². The minimum absolute atomic E-state index is 0.0105. The third-order valence-electron chi connectivity index (χ3n) is 2.21. The van der Waals surface area contributed by atoms with E-state index in [0.29, 0.717) is 12.6 Å². The summed E-state index contributed by atoms with van der Waals surface area (Å²) in [6.07, 6.45) is 1.13. The third-order valence-corrected chi connectivity index (χ3v) is 4.01. The van der Waals surface area contributed by atoms with Gasteiger partial charge in [-0.05, 0) is 6.42 Å². The molecule has 0 saturated carbocycles. The minimum Gasteiger partial charge on any atom is -0.361 e. The number of thiazole rings is 1. The standard InChI is InChI=1S/C9H13N3OS2/c1-2-6-4-14-8(11-6)10-3-7-5-15-9(13)12-7/h5-6H,2-4H2,1H3,(H,10,11)(H,12,13). The summed E-state index contributed by atoms with van der Waals surface area (Å²) in [5.41, 5.74) is 0.889. The van der Waals surface area contributed by atoms with Gasteiger partial charge in [0.25, 0.3) is 0 Å². The van der Waals surface area contributed by atoms with Gasteiger partial charge in [-0.3, -0.25) is 9.79 Å². The molecular weight excluding hydrogens is 230 g/mol. The number of nitrogens with zero attached hydrogens (tertiary/aromatic N) is 1. The number of nitrogens with one attached hydrogen (secondary N) is 2. The van der Waals surface area contributed by atoms with E-state index in [1.165, 1.54) is 11.3 Å². The summed E-state index contributed by atoms with van der Waals surface area (Å²) < 4.78 is 0. The number of amidine groups is 1. The molecule has 82 valence electrons. The average Bonchev–Trinajstić information content (AvgIpc) is 2.83. The van der Waals surface area contributed by atoms with Gasteiger partial charge in [0.2, 0.25) is 0 Å². The van der Waals surface area contributed by atoms with Gasteiger partial charge in [-0.25, -0.2) is 0 Å². The molecular formula is C9H13N3OS2. The summed E-state index contributed by atoms with van der Waals surface area (Å²) in [5.74, 6) is 1.09. The van der Waals surface area contributed by atoms with E-state index in [0.717, 1.165) is 23.0 Å². The van der Waals surface area contributed by atoms with Crippen molar-refractivity contribution < 1.29 is 0 Å². The van der Waals surface area contributed by atoms with E-state index in [1.54, 1.807) is 11.8 Å². The summed E-state index contributed by atoms with van der Waals surface area (Å²) in [5, 5.41) is 6.16. The zero-order chi connectivity index (χ0) is 10.7. The molecule has 0 radical (unpaired) electrons. The normalized spacial score (nSPS) is 23.3. The van der Waals surface area contributed by atoms with E-state index >= 15 is 0 Å². The topological polar surface area (TPSA) is 57.2 Å². The van der Waals surface area contributed by atoms with Crippen molar-refractivity contribution in [3.63, 3.8) is 0 Å². The molecule has 1 aliphatic heterocycles. The second-order valence-corrected chi connectivity index (χ2v) is 5.21. The third kappa shape index (κ3) is 2.85. The molecule has 2 heterocycles. The van der Waals surface area contributed by atoms with E-state index in [2.05, 4.69) is 22.2 Å². The predicted molar refractivity (Wildman–Crippen MR) is 65.8 cm³/mol. The molecule has 0 spiro atoms. The number of thioether (sulfide) groups is 1. The maximum Gasteiger partial charge on any atom is 0.304 e. The Balaban J connectivity index is 1.92. The molecule has 2 N–H and O–H groups in total. The number of aromatic amines is 1. The average molecular weight is 243 g/mol. The highest BCUT2D eigenvalue weighted by Gasteiger charge is 2.17. The number of aromatic nitrogens is 1. The molecule has 1 aromatic rings. The Hall–Kier alpha value is -0.750. The lowest BCUT2D eigenvalue weighted by atomic mass is 10.3. The van der Waals surface area contributed by atoms with E-state index in [9.17, 15) is 4.79 Å². The molecule has 1 saturated heterocycles. The maximum absolute atomic E-state index is 10.9. The maximum atomic E-state index is 10.9. The first-order valence-electron chi connectivity index (χ1n) is 4.88. The molecule has 0 aliphatic carbocycles. The molecule has 0 bridgehead atoms. The first-order chi connectivity index (χ1) is 7.28. The molecule has 15 heavy (non-hydrogen) atoms. The zero-order valence-corrected chi connectivity index (χ0v) is 10.1. The molecule has 0 aromatic carbocycles. The number of hydrogen-bond acceptors (Lipinski definition) is 4. The molecule has 1 aliphatic rings. The second kappa shape index (κ2) is 4.85. The SMILES string of the molecule is CCC1CSC(=NCc2csc(=O)[nH]2)N1. The van der Waals surface area contributed by atoms with Crippen LogP contribution >= 0.6 is 23.1 Å². The fourth-order valence-corrected chi connectivity index (χ4v) is 2.95. The van der Waals surface area contributed by atoms with Crippen LogP contribution in [-0.4, -0.2) is 21.9 Å². The molecule has 2 rings (SSSR count). The molecule has 1 aromatic heterocycles. The van der Waals surface area contributed by atoms with Crippen LogP contribution in [0, 0.1) is 0 Å². The van der Waals surface area contributed by atoms with Crippen molar-refractivity contribution in [1.29, 1.82) is 0 Å². The van der Waals surface area contributed by atoms with Crippen molar-refractivity contribution in [1.82, 2.24) is 10.3 Å². The molecule has 1 unspecified atom stereocenters. The smallest absolute Gasteiger partial charge is 0.304 e. The minimum atomic E-state index is -0.0105. The lowest BCUT2D eigenvalue weighted by molar-refractivity contribution is 0.666. The lowest BCUT2D eigenvalue weighted by Crippen LogP contribution is -2.25. The van der Waals surface area contributed by atoms with Gasteiger partial charge in [0, 0.05) is 17.2 Å². The highest BCUT2D eigenvalue weighted by atomic mass is 32.2. The number of hydrogen-bond donors (Lipinski definition) is 2. The van der Waals surface area contributed by atoms with Crippen LogP contribution in [0.3, 0.4) is 0 Å².